The van der Waals surface area contributed by atoms with Crippen LogP contribution in [0.3, 0.4) is 0 Å². The van der Waals surface area contributed by atoms with Crippen LogP contribution in [0.5, 0.6) is 0 Å². The number of carbonyl (C=O) groups is 2. The van der Waals surface area contributed by atoms with E-state index in [0.29, 0.717) is 16.8 Å². The fraction of sp³-hybridized carbons (Fsp3) is 0.125. The molecule has 0 N–H and O–H groups in total. The van der Waals surface area contributed by atoms with Gasteiger partial charge < -0.3 is 0 Å². The number of rotatable bonds is 1. The predicted octanol–water partition coefficient (Wildman–Crippen LogP) is 2.84. The quantitative estimate of drug-likeness (QED) is 0.781. The fourth-order valence-electron chi connectivity index (χ4n) is 2.29. The average Bonchev–Trinajstić information content (AvgIpc) is 2.77. The molecule has 0 unspecified atom stereocenters. The SMILES string of the molecule is Cc1ccc(C(=O)N2CC(=O)c3ccccc32)cc1. The van der Waals surface area contributed by atoms with Gasteiger partial charge in [-0.05, 0) is 31.2 Å². The van der Waals surface area contributed by atoms with Crippen LogP contribution in [0.4, 0.5) is 5.69 Å². The van der Waals surface area contributed by atoms with Gasteiger partial charge in [0.1, 0.15) is 0 Å². The third kappa shape index (κ3) is 1.93. The highest BCUT2D eigenvalue weighted by Gasteiger charge is 2.30. The Kier molecular flexibility index (Phi) is 2.67. The van der Waals surface area contributed by atoms with Gasteiger partial charge in [-0.25, -0.2) is 0 Å². The van der Waals surface area contributed by atoms with Gasteiger partial charge in [0.25, 0.3) is 5.91 Å². The molecule has 94 valence electrons. The molecule has 1 heterocycles. The van der Waals surface area contributed by atoms with Crippen molar-refractivity contribution in [3.8, 4) is 0 Å². The van der Waals surface area contributed by atoms with Gasteiger partial charge in [0.15, 0.2) is 5.78 Å². The molecule has 3 nitrogen and oxygen atoms in total. The highest BCUT2D eigenvalue weighted by atomic mass is 16.2. The highest BCUT2D eigenvalue weighted by Crippen LogP contribution is 2.28. The number of hydrogen-bond donors (Lipinski definition) is 0. The number of benzene rings is 2. The molecule has 3 rings (SSSR count). The summed E-state index contributed by atoms with van der Waals surface area (Å²) >= 11 is 0. The zero-order valence-electron chi connectivity index (χ0n) is 10.6. The smallest absolute Gasteiger partial charge is 0.258 e. The van der Waals surface area contributed by atoms with Crippen LogP contribution < -0.4 is 4.90 Å². The highest BCUT2D eigenvalue weighted by molar-refractivity contribution is 6.19. The Hall–Kier alpha value is -2.42. The van der Waals surface area contributed by atoms with Gasteiger partial charge in [-0.1, -0.05) is 29.8 Å². The van der Waals surface area contributed by atoms with Crippen LogP contribution in [0.25, 0.3) is 0 Å². The molecule has 1 aliphatic heterocycles. The Morgan fingerprint density at radius 3 is 2.47 bits per heavy atom. The Bertz CT molecular complexity index is 659. The number of fused-ring (bicyclic) bond motifs is 1. The van der Waals surface area contributed by atoms with Crippen LogP contribution in [0.15, 0.2) is 48.5 Å². The number of aryl methyl sites for hydroxylation is 1. The summed E-state index contributed by atoms with van der Waals surface area (Å²) in [7, 11) is 0. The summed E-state index contributed by atoms with van der Waals surface area (Å²) in [6, 6.07) is 14.6. The summed E-state index contributed by atoms with van der Waals surface area (Å²) in [6.07, 6.45) is 0. The number of anilines is 1. The molecule has 19 heavy (non-hydrogen) atoms. The number of para-hydroxylation sites is 1. The lowest BCUT2D eigenvalue weighted by atomic mass is 10.1. The first-order chi connectivity index (χ1) is 9.16. The van der Waals surface area contributed by atoms with E-state index in [4.69, 9.17) is 0 Å². The Morgan fingerprint density at radius 1 is 1.05 bits per heavy atom. The monoisotopic (exact) mass is 251 g/mol. The van der Waals surface area contributed by atoms with Crippen LogP contribution >= 0.6 is 0 Å². The molecule has 0 spiro atoms. The number of amides is 1. The maximum absolute atomic E-state index is 12.4. The van der Waals surface area contributed by atoms with Crippen LogP contribution in [0, 0.1) is 6.92 Å². The minimum atomic E-state index is -0.127. The summed E-state index contributed by atoms with van der Waals surface area (Å²) in [6.45, 7) is 2.11. The van der Waals surface area contributed by atoms with Gasteiger partial charge in [-0.15, -0.1) is 0 Å². The lowest BCUT2D eigenvalue weighted by Gasteiger charge is -2.16. The largest absolute Gasteiger partial charge is 0.300 e. The van der Waals surface area contributed by atoms with Crippen molar-refractivity contribution < 1.29 is 9.59 Å². The van der Waals surface area contributed by atoms with Crippen molar-refractivity contribution in [2.45, 2.75) is 6.92 Å². The van der Waals surface area contributed by atoms with Crippen molar-refractivity contribution in [1.82, 2.24) is 0 Å². The number of hydrogen-bond acceptors (Lipinski definition) is 2. The topological polar surface area (TPSA) is 37.4 Å². The van der Waals surface area contributed by atoms with E-state index in [-0.39, 0.29) is 18.2 Å². The van der Waals surface area contributed by atoms with E-state index in [1.807, 2.05) is 37.3 Å². The normalized spacial score (nSPS) is 13.5. The van der Waals surface area contributed by atoms with Crippen molar-refractivity contribution in [3.63, 3.8) is 0 Å². The van der Waals surface area contributed by atoms with Crippen LogP contribution in [-0.4, -0.2) is 18.2 Å². The van der Waals surface area contributed by atoms with E-state index in [0.717, 1.165) is 5.56 Å². The van der Waals surface area contributed by atoms with Gasteiger partial charge in [0.05, 0.1) is 12.2 Å². The number of carbonyl (C=O) groups excluding carboxylic acids is 2. The molecule has 0 fully saturated rings. The Labute approximate surface area is 111 Å². The third-order valence-electron chi connectivity index (χ3n) is 3.34. The molecular formula is C16H13NO2. The van der Waals surface area contributed by atoms with Crippen molar-refractivity contribution in [2.24, 2.45) is 0 Å². The average molecular weight is 251 g/mol. The van der Waals surface area contributed by atoms with Gasteiger partial charge in [-0.3, -0.25) is 14.5 Å². The minimum Gasteiger partial charge on any atom is -0.300 e. The van der Waals surface area contributed by atoms with Crippen molar-refractivity contribution in [1.29, 1.82) is 0 Å². The Balaban J connectivity index is 1.98. The summed E-state index contributed by atoms with van der Waals surface area (Å²) in [5, 5.41) is 0. The van der Waals surface area contributed by atoms with Gasteiger partial charge in [0, 0.05) is 11.1 Å². The molecule has 2 aromatic carbocycles. The maximum Gasteiger partial charge on any atom is 0.258 e. The number of Topliss-reactive ketones (excluding diaryl/α,β-unsaturated/α-hetero) is 1. The molecular weight excluding hydrogens is 238 g/mol. The first kappa shape index (κ1) is 11.7. The molecule has 0 saturated heterocycles. The molecule has 0 saturated carbocycles. The van der Waals surface area contributed by atoms with E-state index in [9.17, 15) is 9.59 Å². The Morgan fingerprint density at radius 2 is 1.74 bits per heavy atom. The van der Waals surface area contributed by atoms with Crippen molar-refractivity contribution in [2.75, 3.05) is 11.4 Å². The zero-order chi connectivity index (χ0) is 13.4. The second-order valence-electron chi connectivity index (χ2n) is 4.70. The molecule has 0 aromatic heterocycles. The second kappa shape index (κ2) is 4.35. The minimum absolute atomic E-state index is 0.00365. The molecule has 0 aliphatic carbocycles. The molecule has 0 bridgehead atoms. The summed E-state index contributed by atoms with van der Waals surface area (Å²) in [5.74, 6) is -0.130. The molecule has 0 atom stereocenters. The number of nitrogens with zero attached hydrogens (tertiary/aromatic N) is 1. The summed E-state index contributed by atoms with van der Waals surface area (Å²) in [4.78, 5) is 25.9. The van der Waals surface area contributed by atoms with Gasteiger partial charge >= 0.3 is 0 Å². The van der Waals surface area contributed by atoms with E-state index < -0.39 is 0 Å². The summed E-state index contributed by atoms with van der Waals surface area (Å²) < 4.78 is 0. The van der Waals surface area contributed by atoms with Gasteiger partial charge in [-0.2, -0.15) is 0 Å². The lowest BCUT2D eigenvalue weighted by molar-refractivity contribution is 0.0951. The van der Waals surface area contributed by atoms with E-state index >= 15 is 0 Å². The van der Waals surface area contributed by atoms with Crippen molar-refractivity contribution in [3.05, 3.63) is 65.2 Å². The van der Waals surface area contributed by atoms with E-state index in [2.05, 4.69) is 0 Å². The molecule has 1 amide bonds. The maximum atomic E-state index is 12.4. The fourth-order valence-corrected chi connectivity index (χ4v) is 2.29. The molecule has 0 radical (unpaired) electrons. The molecule has 3 heteroatoms. The summed E-state index contributed by atoms with van der Waals surface area (Å²) in [5.41, 5.74) is 3.05. The molecule has 1 aliphatic rings. The molecule has 2 aromatic rings. The lowest BCUT2D eigenvalue weighted by Crippen LogP contribution is -2.30. The van der Waals surface area contributed by atoms with Crippen molar-refractivity contribution >= 4 is 17.4 Å². The van der Waals surface area contributed by atoms with Crippen LogP contribution in [-0.2, 0) is 0 Å². The first-order valence-corrected chi connectivity index (χ1v) is 6.17. The van der Waals surface area contributed by atoms with Crippen LogP contribution in [0.1, 0.15) is 26.3 Å². The second-order valence-corrected chi connectivity index (χ2v) is 4.70. The zero-order valence-corrected chi connectivity index (χ0v) is 10.6. The predicted molar refractivity (Wildman–Crippen MR) is 73.6 cm³/mol. The third-order valence-corrected chi connectivity index (χ3v) is 3.34. The standard InChI is InChI=1S/C16H13NO2/c1-11-6-8-12(9-7-11)16(19)17-10-15(18)13-4-2-3-5-14(13)17/h2-9H,10H2,1H3. The van der Waals surface area contributed by atoms with E-state index in [1.54, 1.807) is 23.1 Å². The van der Waals surface area contributed by atoms with Gasteiger partial charge in [0.2, 0.25) is 0 Å². The van der Waals surface area contributed by atoms with E-state index in [1.165, 1.54) is 0 Å². The van der Waals surface area contributed by atoms with Crippen LogP contribution in [0.2, 0.25) is 0 Å². The number of ketones is 1. The first-order valence-electron chi connectivity index (χ1n) is 6.17.